The number of thioether (sulfide) groups is 1. The van der Waals surface area contributed by atoms with Crippen LogP contribution in [0.15, 0.2) is 24.3 Å². The van der Waals surface area contributed by atoms with Crippen LogP contribution in [0.4, 0.5) is 0 Å². The molecule has 110 valence electrons. The quantitative estimate of drug-likeness (QED) is 0.750. The first-order valence-electron chi connectivity index (χ1n) is 6.75. The Hall–Kier alpha value is -1.07. The number of hydrogen-bond donors (Lipinski definition) is 1. The smallest absolute Gasteiger partial charge is 0.232 e. The van der Waals surface area contributed by atoms with Gasteiger partial charge in [-0.15, -0.1) is 11.8 Å². The first kappa shape index (κ1) is 17.0. The van der Waals surface area contributed by atoms with Crippen molar-refractivity contribution in [1.82, 2.24) is 4.90 Å². The molecule has 0 saturated heterocycles. The van der Waals surface area contributed by atoms with Gasteiger partial charge in [-0.25, -0.2) is 0 Å². The van der Waals surface area contributed by atoms with Crippen LogP contribution in [0.3, 0.4) is 0 Å². The van der Waals surface area contributed by atoms with Crippen molar-refractivity contribution in [2.45, 2.75) is 25.5 Å². The van der Waals surface area contributed by atoms with Crippen molar-refractivity contribution in [3.63, 3.8) is 0 Å². The van der Waals surface area contributed by atoms with Crippen LogP contribution < -0.4 is 5.73 Å². The summed E-state index contributed by atoms with van der Waals surface area (Å²) in [6, 6.07) is 7.86. The monoisotopic (exact) mass is 310 g/mol. The van der Waals surface area contributed by atoms with Crippen LogP contribution >= 0.6 is 24.0 Å². The lowest BCUT2D eigenvalue weighted by molar-refractivity contribution is -0.127. The molecule has 0 atom stereocenters. The van der Waals surface area contributed by atoms with Crippen molar-refractivity contribution in [1.29, 1.82) is 0 Å². The Morgan fingerprint density at radius 3 is 2.85 bits per heavy atom. The Bertz CT molecular complexity index is 463. The molecular weight excluding hydrogens is 288 g/mol. The van der Waals surface area contributed by atoms with E-state index in [1.165, 1.54) is 0 Å². The Morgan fingerprint density at radius 1 is 1.45 bits per heavy atom. The van der Waals surface area contributed by atoms with Crippen LogP contribution in [0.25, 0.3) is 0 Å². The van der Waals surface area contributed by atoms with Gasteiger partial charge in [0.15, 0.2) is 0 Å². The van der Waals surface area contributed by atoms with Gasteiger partial charge in [-0.1, -0.05) is 43.8 Å². The summed E-state index contributed by atoms with van der Waals surface area (Å²) in [5.41, 5.74) is 7.63. The number of benzene rings is 1. The van der Waals surface area contributed by atoms with Crippen molar-refractivity contribution in [2.24, 2.45) is 5.73 Å². The van der Waals surface area contributed by atoms with Crippen molar-refractivity contribution < 1.29 is 4.79 Å². The molecule has 1 rings (SSSR count). The summed E-state index contributed by atoms with van der Waals surface area (Å²) < 4.78 is 0. The number of rotatable bonds is 8. The van der Waals surface area contributed by atoms with Gasteiger partial charge in [0, 0.05) is 24.9 Å². The molecule has 0 aliphatic carbocycles. The highest BCUT2D eigenvalue weighted by atomic mass is 32.2. The maximum Gasteiger partial charge on any atom is 0.232 e. The molecule has 2 N–H and O–H groups in total. The van der Waals surface area contributed by atoms with Gasteiger partial charge in [-0.05, 0) is 18.1 Å². The van der Waals surface area contributed by atoms with E-state index in [0.717, 1.165) is 36.3 Å². The minimum Gasteiger partial charge on any atom is -0.389 e. The van der Waals surface area contributed by atoms with Gasteiger partial charge >= 0.3 is 0 Å². The predicted octanol–water partition coefficient (Wildman–Crippen LogP) is 2.81. The highest BCUT2D eigenvalue weighted by Gasteiger charge is 2.08. The molecule has 1 amide bonds. The molecular formula is C15H22N2OS2. The zero-order chi connectivity index (χ0) is 15.0. The van der Waals surface area contributed by atoms with Gasteiger partial charge in [-0.3, -0.25) is 4.79 Å². The summed E-state index contributed by atoms with van der Waals surface area (Å²) >= 11 is 6.58. The molecule has 3 nitrogen and oxygen atoms in total. The van der Waals surface area contributed by atoms with Crippen molar-refractivity contribution >= 4 is 34.9 Å². The molecule has 0 saturated carbocycles. The fourth-order valence-corrected chi connectivity index (χ4v) is 2.74. The average Bonchev–Trinajstić information content (AvgIpc) is 2.44. The minimum absolute atomic E-state index is 0.189. The van der Waals surface area contributed by atoms with Gasteiger partial charge in [0.2, 0.25) is 5.91 Å². The second-order valence-electron chi connectivity index (χ2n) is 4.73. The fourth-order valence-electron chi connectivity index (χ4n) is 1.70. The molecule has 0 radical (unpaired) electrons. The molecule has 0 aromatic heterocycles. The zero-order valence-corrected chi connectivity index (χ0v) is 13.7. The summed E-state index contributed by atoms with van der Waals surface area (Å²) in [5, 5.41) is 0. The lowest BCUT2D eigenvalue weighted by Crippen LogP contribution is -2.29. The largest absolute Gasteiger partial charge is 0.389 e. The third kappa shape index (κ3) is 5.92. The van der Waals surface area contributed by atoms with Gasteiger partial charge < -0.3 is 10.6 Å². The van der Waals surface area contributed by atoms with E-state index in [1.807, 2.05) is 36.2 Å². The predicted molar refractivity (Wildman–Crippen MR) is 91.0 cm³/mol. The van der Waals surface area contributed by atoms with Gasteiger partial charge in [0.25, 0.3) is 0 Å². The summed E-state index contributed by atoms with van der Waals surface area (Å²) in [4.78, 5) is 14.1. The number of nitrogens with two attached hydrogens (primary N) is 1. The van der Waals surface area contributed by atoms with E-state index in [0.29, 0.717) is 10.7 Å². The van der Waals surface area contributed by atoms with E-state index in [1.54, 1.807) is 11.8 Å². The van der Waals surface area contributed by atoms with Crippen LogP contribution in [0.1, 0.15) is 30.9 Å². The van der Waals surface area contributed by atoms with E-state index in [-0.39, 0.29) is 5.91 Å². The molecule has 0 fully saturated rings. The van der Waals surface area contributed by atoms with Crippen LogP contribution in [0.5, 0.6) is 0 Å². The second kappa shape index (κ2) is 8.97. The number of carbonyl (C=O) groups is 1. The maximum atomic E-state index is 11.9. The molecule has 0 aliphatic heterocycles. The summed E-state index contributed by atoms with van der Waals surface area (Å²) in [6.07, 6.45) is 2.17. The number of thiocarbonyl (C=S) groups is 1. The lowest BCUT2D eigenvalue weighted by atomic mass is 10.1. The highest BCUT2D eigenvalue weighted by Crippen LogP contribution is 2.14. The summed E-state index contributed by atoms with van der Waals surface area (Å²) in [7, 11) is 1.87. The van der Waals surface area contributed by atoms with Crippen molar-refractivity contribution in [3.05, 3.63) is 35.4 Å². The zero-order valence-electron chi connectivity index (χ0n) is 12.1. The molecule has 20 heavy (non-hydrogen) atoms. The second-order valence-corrected chi connectivity index (χ2v) is 6.15. The Labute approximate surface area is 130 Å². The van der Waals surface area contributed by atoms with Crippen LogP contribution in [0, 0.1) is 0 Å². The number of nitrogens with zero attached hydrogens (tertiary/aromatic N) is 1. The topological polar surface area (TPSA) is 46.3 Å². The van der Waals surface area contributed by atoms with E-state index < -0.39 is 0 Å². The van der Waals surface area contributed by atoms with Gasteiger partial charge in [0.1, 0.15) is 4.99 Å². The van der Waals surface area contributed by atoms with Gasteiger partial charge in [0.05, 0.1) is 5.75 Å². The normalized spacial score (nSPS) is 10.3. The molecule has 0 unspecified atom stereocenters. The number of hydrogen-bond acceptors (Lipinski definition) is 3. The molecule has 0 bridgehead atoms. The Balaban J connectivity index is 2.38. The summed E-state index contributed by atoms with van der Waals surface area (Å²) in [5.74, 6) is 1.50. The Morgan fingerprint density at radius 2 is 2.20 bits per heavy atom. The lowest BCUT2D eigenvalue weighted by Gasteiger charge is -2.16. The fraction of sp³-hybridized carbons (Fsp3) is 0.467. The van der Waals surface area contributed by atoms with E-state index >= 15 is 0 Å². The van der Waals surface area contributed by atoms with Crippen molar-refractivity contribution in [2.75, 3.05) is 19.3 Å². The highest BCUT2D eigenvalue weighted by molar-refractivity contribution is 7.99. The van der Waals surface area contributed by atoms with Crippen LogP contribution in [-0.2, 0) is 10.5 Å². The molecule has 0 spiro atoms. The number of amides is 1. The van der Waals surface area contributed by atoms with Crippen LogP contribution in [0.2, 0.25) is 0 Å². The third-order valence-electron chi connectivity index (χ3n) is 2.98. The minimum atomic E-state index is 0.189. The molecule has 5 heteroatoms. The standard InChI is InChI=1S/C15H22N2OS2/c1-3-4-8-17(2)14(18)11-20-10-12-6-5-7-13(9-12)15(16)19/h5-7,9H,3-4,8,10-11H2,1-2H3,(H2,16,19). The number of carbonyl (C=O) groups excluding carboxylic acids is 1. The maximum absolute atomic E-state index is 11.9. The third-order valence-corrected chi connectivity index (χ3v) is 4.20. The molecule has 1 aromatic carbocycles. The SMILES string of the molecule is CCCCN(C)C(=O)CSCc1cccc(C(N)=S)c1. The van der Waals surface area contributed by atoms with E-state index in [2.05, 4.69) is 6.92 Å². The van der Waals surface area contributed by atoms with Gasteiger partial charge in [-0.2, -0.15) is 0 Å². The summed E-state index contributed by atoms with van der Waals surface area (Å²) in [6.45, 7) is 2.97. The first-order chi connectivity index (χ1) is 9.54. The van der Waals surface area contributed by atoms with Crippen molar-refractivity contribution in [3.8, 4) is 0 Å². The first-order valence-corrected chi connectivity index (χ1v) is 8.31. The Kier molecular flexibility index (Phi) is 7.62. The number of unbranched alkanes of at least 4 members (excludes halogenated alkanes) is 1. The van der Waals surface area contributed by atoms with Crippen LogP contribution in [-0.4, -0.2) is 35.1 Å². The molecule has 0 aliphatic rings. The van der Waals surface area contributed by atoms with E-state index in [4.69, 9.17) is 18.0 Å². The average molecular weight is 310 g/mol. The molecule has 0 heterocycles. The van der Waals surface area contributed by atoms with E-state index in [9.17, 15) is 4.79 Å². The molecule has 1 aromatic rings.